The highest BCUT2D eigenvalue weighted by atomic mass is 15.3. The Labute approximate surface area is 112 Å². The minimum atomic E-state index is 0.450. The minimum Gasteiger partial charge on any atom is -0.350 e. The van der Waals surface area contributed by atoms with E-state index in [1.807, 2.05) is 30.3 Å². The Morgan fingerprint density at radius 3 is 2.84 bits per heavy atom. The van der Waals surface area contributed by atoms with Crippen molar-refractivity contribution in [2.45, 2.75) is 13.0 Å². The number of anilines is 1. The largest absolute Gasteiger partial charge is 0.350 e. The van der Waals surface area contributed by atoms with Gasteiger partial charge in [-0.2, -0.15) is 5.26 Å². The van der Waals surface area contributed by atoms with Gasteiger partial charge in [-0.15, -0.1) is 0 Å². The Hall–Kier alpha value is -2.12. The second-order valence-electron chi connectivity index (χ2n) is 4.76. The first kappa shape index (κ1) is 11.9. The first-order chi connectivity index (χ1) is 9.33. The van der Waals surface area contributed by atoms with Gasteiger partial charge < -0.3 is 10.2 Å². The van der Waals surface area contributed by atoms with Gasteiger partial charge in [0.15, 0.2) is 0 Å². The topological polar surface area (TPSA) is 52.0 Å². The molecule has 0 bridgehead atoms. The molecule has 0 aliphatic carbocycles. The highest BCUT2D eigenvalue weighted by molar-refractivity contribution is 5.83. The molecule has 0 saturated carbocycles. The van der Waals surface area contributed by atoms with Gasteiger partial charge in [-0.1, -0.05) is 18.2 Å². The maximum Gasteiger partial charge on any atom is 0.147 e. The zero-order valence-corrected chi connectivity index (χ0v) is 10.9. The molecule has 0 radical (unpaired) electrons. The van der Waals surface area contributed by atoms with Crippen LogP contribution in [0.2, 0.25) is 0 Å². The van der Waals surface area contributed by atoms with Gasteiger partial charge in [-0.25, -0.2) is 4.98 Å². The number of para-hydroxylation sites is 1. The highest BCUT2D eigenvalue weighted by Gasteiger charge is 2.26. The summed E-state index contributed by atoms with van der Waals surface area (Å²) in [5.74, 6) is 0.815. The normalized spacial score (nSPS) is 14.9. The van der Waals surface area contributed by atoms with E-state index in [1.54, 1.807) is 0 Å². The number of aromatic nitrogens is 1. The smallest absolute Gasteiger partial charge is 0.147 e. The fourth-order valence-electron chi connectivity index (χ4n) is 2.48. The molecule has 1 fully saturated rings. The molecule has 0 spiro atoms. The van der Waals surface area contributed by atoms with Crippen LogP contribution in [0.25, 0.3) is 10.9 Å². The lowest BCUT2D eigenvalue weighted by Gasteiger charge is -2.38. The second kappa shape index (κ2) is 4.87. The number of hydrogen-bond acceptors (Lipinski definition) is 4. The van der Waals surface area contributed by atoms with Crippen LogP contribution in [0.1, 0.15) is 12.5 Å². The Balaban J connectivity index is 2.12. The third-order valence-corrected chi connectivity index (χ3v) is 3.64. The van der Waals surface area contributed by atoms with Gasteiger partial charge in [0.2, 0.25) is 0 Å². The Morgan fingerprint density at radius 1 is 1.42 bits per heavy atom. The molecule has 0 unspecified atom stereocenters. The van der Waals surface area contributed by atoms with Gasteiger partial charge in [0.05, 0.1) is 17.1 Å². The van der Waals surface area contributed by atoms with E-state index in [2.05, 4.69) is 23.2 Å². The van der Waals surface area contributed by atoms with Crippen molar-refractivity contribution in [2.24, 2.45) is 0 Å². The summed E-state index contributed by atoms with van der Waals surface area (Å²) in [6, 6.07) is 12.6. The van der Waals surface area contributed by atoms with E-state index in [0.717, 1.165) is 36.4 Å². The van der Waals surface area contributed by atoms with E-state index in [0.29, 0.717) is 11.6 Å². The van der Waals surface area contributed by atoms with Crippen LogP contribution in [0.5, 0.6) is 0 Å². The van der Waals surface area contributed by atoms with Crippen LogP contribution in [0.4, 0.5) is 5.82 Å². The standard InChI is InChI=1S/C15H16N4/c1-2-19(13-9-17-10-13)15-12(8-16)7-11-5-3-4-6-14(11)18-15/h3-7,13,17H,2,9-10H2,1H3. The number of likely N-dealkylation sites (N-methyl/N-ethyl adjacent to an activating group) is 1. The van der Waals surface area contributed by atoms with Gasteiger partial charge in [-0.3, -0.25) is 0 Å². The van der Waals surface area contributed by atoms with Crippen LogP contribution in [0.3, 0.4) is 0 Å². The third kappa shape index (κ3) is 2.02. The summed E-state index contributed by atoms with van der Waals surface area (Å²) in [6.07, 6.45) is 0. The van der Waals surface area contributed by atoms with Crippen molar-refractivity contribution in [2.75, 3.05) is 24.5 Å². The lowest BCUT2D eigenvalue weighted by atomic mass is 10.1. The second-order valence-corrected chi connectivity index (χ2v) is 4.76. The number of nitrogens with zero attached hydrogens (tertiary/aromatic N) is 3. The summed E-state index contributed by atoms with van der Waals surface area (Å²) in [4.78, 5) is 6.92. The zero-order chi connectivity index (χ0) is 13.2. The van der Waals surface area contributed by atoms with Crippen molar-refractivity contribution in [3.05, 3.63) is 35.9 Å². The molecular formula is C15H16N4. The molecule has 0 amide bonds. The van der Waals surface area contributed by atoms with E-state index in [-0.39, 0.29) is 0 Å². The van der Waals surface area contributed by atoms with Gasteiger partial charge in [0.25, 0.3) is 0 Å². The van der Waals surface area contributed by atoms with Crippen LogP contribution < -0.4 is 10.2 Å². The first-order valence-corrected chi connectivity index (χ1v) is 6.60. The fraction of sp³-hybridized carbons (Fsp3) is 0.333. The van der Waals surface area contributed by atoms with Crippen LogP contribution in [-0.2, 0) is 0 Å². The lowest BCUT2D eigenvalue weighted by molar-refractivity contribution is 0.415. The molecule has 2 heterocycles. The minimum absolute atomic E-state index is 0.450. The highest BCUT2D eigenvalue weighted by Crippen LogP contribution is 2.25. The maximum absolute atomic E-state index is 9.36. The van der Waals surface area contributed by atoms with Crippen LogP contribution in [-0.4, -0.2) is 30.7 Å². The number of hydrogen-bond donors (Lipinski definition) is 1. The van der Waals surface area contributed by atoms with E-state index < -0.39 is 0 Å². The van der Waals surface area contributed by atoms with E-state index in [9.17, 15) is 5.26 Å². The van der Waals surface area contributed by atoms with Crippen molar-refractivity contribution in [1.82, 2.24) is 10.3 Å². The quantitative estimate of drug-likeness (QED) is 0.906. The van der Waals surface area contributed by atoms with Crippen molar-refractivity contribution in [1.29, 1.82) is 5.26 Å². The van der Waals surface area contributed by atoms with E-state index in [1.165, 1.54) is 0 Å². The van der Waals surface area contributed by atoms with Crippen LogP contribution in [0, 0.1) is 11.3 Å². The van der Waals surface area contributed by atoms with Crippen molar-refractivity contribution in [3.8, 4) is 6.07 Å². The third-order valence-electron chi connectivity index (χ3n) is 3.64. The summed E-state index contributed by atoms with van der Waals surface area (Å²) in [6.45, 7) is 4.91. The maximum atomic E-state index is 9.36. The summed E-state index contributed by atoms with van der Waals surface area (Å²) in [5, 5.41) is 13.6. The molecule has 1 aliphatic rings. The molecule has 1 aromatic heterocycles. The zero-order valence-electron chi connectivity index (χ0n) is 10.9. The number of rotatable bonds is 3. The Morgan fingerprint density at radius 2 is 2.21 bits per heavy atom. The van der Waals surface area contributed by atoms with Crippen LogP contribution in [0.15, 0.2) is 30.3 Å². The van der Waals surface area contributed by atoms with Gasteiger partial charge >= 0.3 is 0 Å². The van der Waals surface area contributed by atoms with Gasteiger partial charge in [0.1, 0.15) is 11.9 Å². The van der Waals surface area contributed by atoms with E-state index >= 15 is 0 Å². The lowest BCUT2D eigenvalue weighted by Crippen LogP contribution is -2.57. The SMILES string of the molecule is CCN(c1nc2ccccc2cc1C#N)C1CNC1. The molecular weight excluding hydrogens is 236 g/mol. The van der Waals surface area contributed by atoms with Gasteiger partial charge in [0, 0.05) is 25.0 Å². The molecule has 1 N–H and O–H groups in total. The number of benzene rings is 1. The van der Waals surface area contributed by atoms with Crippen molar-refractivity contribution < 1.29 is 0 Å². The van der Waals surface area contributed by atoms with Crippen molar-refractivity contribution in [3.63, 3.8) is 0 Å². The number of nitriles is 1. The predicted molar refractivity (Wildman–Crippen MR) is 76.1 cm³/mol. The molecule has 3 rings (SSSR count). The summed E-state index contributed by atoms with van der Waals surface area (Å²) in [5.41, 5.74) is 1.61. The van der Waals surface area contributed by atoms with Crippen molar-refractivity contribution >= 4 is 16.7 Å². The molecule has 4 heteroatoms. The average molecular weight is 252 g/mol. The summed E-state index contributed by atoms with van der Waals surface area (Å²) >= 11 is 0. The summed E-state index contributed by atoms with van der Waals surface area (Å²) in [7, 11) is 0. The number of pyridine rings is 1. The molecule has 4 nitrogen and oxygen atoms in total. The Kier molecular flexibility index (Phi) is 3.06. The van der Waals surface area contributed by atoms with Crippen LogP contribution >= 0.6 is 0 Å². The summed E-state index contributed by atoms with van der Waals surface area (Å²) < 4.78 is 0. The van der Waals surface area contributed by atoms with E-state index in [4.69, 9.17) is 4.98 Å². The molecule has 1 saturated heterocycles. The molecule has 19 heavy (non-hydrogen) atoms. The first-order valence-electron chi connectivity index (χ1n) is 6.60. The predicted octanol–water partition coefficient (Wildman–Crippen LogP) is 1.90. The average Bonchev–Trinajstić information content (AvgIpc) is 2.41. The molecule has 2 aromatic rings. The Bertz CT molecular complexity index is 640. The molecule has 1 aliphatic heterocycles. The molecule has 96 valence electrons. The molecule has 1 aromatic carbocycles. The monoisotopic (exact) mass is 252 g/mol. The number of fused-ring (bicyclic) bond motifs is 1. The number of nitrogens with one attached hydrogen (secondary N) is 1. The fourth-order valence-corrected chi connectivity index (χ4v) is 2.48. The molecule has 0 atom stereocenters. The van der Waals surface area contributed by atoms with Gasteiger partial charge in [-0.05, 0) is 19.1 Å².